The fourth-order valence-electron chi connectivity index (χ4n) is 1.58. The highest BCUT2D eigenvalue weighted by Crippen LogP contribution is 2.36. The van der Waals surface area contributed by atoms with Crippen molar-refractivity contribution < 1.29 is 9.90 Å². The number of carbonyl (C=O) groups excluding carboxylic acids is 1. The molecule has 0 saturated heterocycles. The van der Waals surface area contributed by atoms with Gasteiger partial charge in [-0.2, -0.15) is 0 Å². The number of fused-ring (bicyclic) bond motifs is 1. The molecule has 1 atom stereocenters. The van der Waals surface area contributed by atoms with Crippen LogP contribution in [-0.4, -0.2) is 10.9 Å². The zero-order valence-electron chi connectivity index (χ0n) is 7.62. The van der Waals surface area contributed by atoms with E-state index in [1.165, 1.54) is 13.0 Å². The third kappa shape index (κ3) is 1.19. The van der Waals surface area contributed by atoms with Gasteiger partial charge in [-0.25, -0.2) is 0 Å². The third-order valence-corrected chi connectivity index (χ3v) is 2.76. The van der Waals surface area contributed by atoms with Crippen LogP contribution < -0.4 is 0 Å². The molecular weight excluding hydrogens is 200 g/mol. The number of carbonyl (C=O) groups is 1. The standard InChI is InChI=1S/C11H9ClO2/c1-11(14)8-5-3-2-4-7(8)9(12)6-10(11)13/h2-6,14H,1H3. The number of hydrogen-bond donors (Lipinski definition) is 1. The molecule has 72 valence electrons. The fourth-order valence-corrected chi connectivity index (χ4v) is 1.85. The zero-order valence-corrected chi connectivity index (χ0v) is 8.38. The lowest BCUT2D eigenvalue weighted by atomic mass is 9.83. The van der Waals surface area contributed by atoms with Crippen LogP contribution in [0.4, 0.5) is 0 Å². The Morgan fingerprint density at radius 1 is 1.36 bits per heavy atom. The highest BCUT2D eigenvalue weighted by molar-refractivity contribution is 6.51. The van der Waals surface area contributed by atoms with E-state index in [1.54, 1.807) is 18.2 Å². The van der Waals surface area contributed by atoms with Crippen LogP contribution in [-0.2, 0) is 10.4 Å². The molecule has 0 amide bonds. The molecule has 0 aliphatic heterocycles. The van der Waals surface area contributed by atoms with E-state index >= 15 is 0 Å². The van der Waals surface area contributed by atoms with Gasteiger partial charge in [0.15, 0.2) is 5.78 Å². The lowest BCUT2D eigenvalue weighted by molar-refractivity contribution is -0.131. The summed E-state index contributed by atoms with van der Waals surface area (Å²) in [5.41, 5.74) is -0.161. The average molecular weight is 209 g/mol. The molecule has 0 bridgehead atoms. The van der Waals surface area contributed by atoms with Crippen LogP contribution in [0.25, 0.3) is 5.03 Å². The first-order valence-electron chi connectivity index (χ1n) is 4.27. The molecule has 1 aromatic rings. The van der Waals surface area contributed by atoms with E-state index < -0.39 is 5.60 Å². The summed E-state index contributed by atoms with van der Waals surface area (Å²) in [6.07, 6.45) is 1.27. The summed E-state index contributed by atoms with van der Waals surface area (Å²) in [5.74, 6) is -0.374. The van der Waals surface area contributed by atoms with Crippen molar-refractivity contribution in [1.29, 1.82) is 0 Å². The molecule has 0 aromatic heterocycles. The van der Waals surface area contributed by atoms with E-state index in [-0.39, 0.29) is 5.78 Å². The number of rotatable bonds is 0. The summed E-state index contributed by atoms with van der Waals surface area (Å²) in [7, 11) is 0. The Kier molecular flexibility index (Phi) is 1.98. The predicted molar refractivity (Wildman–Crippen MR) is 54.8 cm³/mol. The second kappa shape index (κ2) is 2.94. The molecule has 3 heteroatoms. The summed E-state index contributed by atoms with van der Waals surface area (Å²) in [4.78, 5) is 11.5. The van der Waals surface area contributed by atoms with Gasteiger partial charge in [0.05, 0.1) is 5.03 Å². The van der Waals surface area contributed by atoms with Crippen LogP contribution in [0.2, 0.25) is 0 Å². The predicted octanol–water partition coefficient (Wildman–Crippen LogP) is 2.06. The van der Waals surface area contributed by atoms with Crippen molar-refractivity contribution in [3.63, 3.8) is 0 Å². The van der Waals surface area contributed by atoms with Crippen LogP contribution in [0.3, 0.4) is 0 Å². The van der Waals surface area contributed by atoms with Gasteiger partial charge in [-0.05, 0) is 18.1 Å². The van der Waals surface area contributed by atoms with Crippen LogP contribution >= 0.6 is 11.6 Å². The van der Waals surface area contributed by atoms with E-state index in [2.05, 4.69) is 0 Å². The maximum atomic E-state index is 11.5. The van der Waals surface area contributed by atoms with Gasteiger partial charge in [0.1, 0.15) is 5.60 Å². The molecule has 0 spiro atoms. The molecule has 2 nitrogen and oxygen atoms in total. The van der Waals surface area contributed by atoms with Crippen molar-refractivity contribution in [3.05, 3.63) is 41.5 Å². The van der Waals surface area contributed by atoms with Crippen molar-refractivity contribution in [2.75, 3.05) is 0 Å². The average Bonchev–Trinajstić information content (AvgIpc) is 2.16. The van der Waals surface area contributed by atoms with Crippen molar-refractivity contribution >= 4 is 22.4 Å². The number of halogens is 1. The molecule has 14 heavy (non-hydrogen) atoms. The van der Waals surface area contributed by atoms with Crippen molar-refractivity contribution in [3.8, 4) is 0 Å². The topological polar surface area (TPSA) is 37.3 Å². The van der Waals surface area contributed by atoms with Gasteiger partial charge in [0.2, 0.25) is 0 Å². The van der Waals surface area contributed by atoms with E-state index in [9.17, 15) is 9.90 Å². The minimum atomic E-state index is -1.45. The van der Waals surface area contributed by atoms with E-state index in [0.717, 1.165) is 5.56 Å². The molecule has 0 heterocycles. The van der Waals surface area contributed by atoms with Crippen molar-refractivity contribution in [2.24, 2.45) is 0 Å². The second-order valence-corrected chi connectivity index (χ2v) is 3.88. The summed E-state index contributed by atoms with van der Waals surface area (Å²) in [6.45, 7) is 1.48. The maximum absolute atomic E-state index is 11.5. The Balaban J connectivity index is 2.73. The Bertz CT molecular complexity index is 433. The Morgan fingerprint density at radius 3 is 2.71 bits per heavy atom. The summed E-state index contributed by atoms with van der Waals surface area (Å²) >= 11 is 5.90. The molecule has 0 fully saturated rings. The number of ketones is 1. The van der Waals surface area contributed by atoms with Crippen LogP contribution in [0.5, 0.6) is 0 Å². The first-order valence-corrected chi connectivity index (χ1v) is 4.65. The SMILES string of the molecule is CC1(O)C(=O)C=C(Cl)c2ccccc21. The Labute approximate surface area is 86.8 Å². The number of aliphatic hydroxyl groups is 1. The van der Waals surface area contributed by atoms with E-state index in [1.807, 2.05) is 6.07 Å². The monoisotopic (exact) mass is 208 g/mol. The van der Waals surface area contributed by atoms with Gasteiger partial charge in [-0.3, -0.25) is 4.79 Å². The minimum absolute atomic E-state index is 0.374. The van der Waals surface area contributed by atoms with Crippen molar-refractivity contribution in [1.82, 2.24) is 0 Å². The summed E-state index contributed by atoms with van der Waals surface area (Å²) in [6, 6.07) is 7.09. The highest BCUT2D eigenvalue weighted by atomic mass is 35.5. The molecule has 1 aliphatic carbocycles. The number of hydrogen-bond acceptors (Lipinski definition) is 2. The largest absolute Gasteiger partial charge is 0.377 e. The third-order valence-electron chi connectivity index (χ3n) is 2.45. The second-order valence-electron chi connectivity index (χ2n) is 3.47. The quantitative estimate of drug-likeness (QED) is 0.709. The normalized spacial score (nSPS) is 25.6. The Hall–Kier alpha value is -1.12. The lowest BCUT2D eigenvalue weighted by Crippen LogP contribution is -2.34. The molecule has 1 aliphatic rings. The van der Waals surface area contributed by atoms with Gasteiger partial charge in [0, 0.05) is 6.08 Å². The molecule has 0 radical (unpaired) electrons. The van der Waals surface area contributed by atoms with E-state index in [4.69, 9.17) is 11.6 Å². The van der Waals surface area contributed by atoms with Crippen molar-refractivity contribution in [2.45, 2.75) is 12.5 Å². The smallest absolute Gasteiger partial charge is 0.192 e. The summed E-state index contributed by atoms with van der Waals surface area (Å²) in [5, 5.41) is 10.3. The van der Waals surface area contributed by atoms with E-state index in [0.29, 0.717) is 10.6 Å². The van der Waals surface area contributed by atoms with Gasteiger partial charge >= 0.3 is 0 Å². The van der Waals surface area contributed by atoms with Crippen LogP contribution in [0.15, 0.2) is 30.3 Å². The van der Waals surface area contributed by atoms with Gasteiger partial charge in [0.25, 0.3) is 0 Å². The Morgan fingerprint density at radius 2 is 2.00 bits per heavy atom. The maximum Gasteiger partial charge on any atom is 0.192 e. The fraction of sp³-hybridized carbons (Fsp3) is 0.182. The molecular formula is C11H9ClO2. The number of benzene rings is 1. The highest BCUT2D eigenvalue weighted by Gasteiger charge is 2.36. The van der Waals surface area contributed by atoms with Gasteiger partial charge < -0.3 is 5.11 Å². The van der Waals surface area contributed by atoms with Gasteiger partial charge in [-0.1, -0.05) is 35.9 Å². The molecule has 1 unspecified atom stereocenters. The summed E-state index contributed by atoms with van der Waals surface area (Å²) < 4.78 is 0. The molecule has 1 aromatic carbocycles. The first kappa shape index (κ1) is 9.44. The minimum Gasteiger partial charge on any atom is -0.377 e. The molecule has 0 saturated carbocycles. The first-order chi connectivity index (χ1) is 6.53. The van der Waals surface area contributed by atoms with Crippen LogP contribution in [0, 0.1) is 0 Å². The van der Waals surface area contributed by atoms with Crippen LogP contribution in [0.1, 0.15) is 18.1 Å². The lowest BCUT2D eigenvalue weighted by Gasteiger charge is -2.27. The molecule has 2 rings (SSSR count). The molecule has 1 N–H and O–H groups in total. The van der Waals surface area contributed by atoms with Gasteiger partial charge in [-0.15, -0.1) is 0 Å². The zero-order chi connectivity index (χ0) is 10.3.